The molecule has 0 spiro atoms. The van der Waals surface area contributed by atoms with Crippen LogP contribution in [-0.2, 0) is 4.79 Å². The van der Waals surface area contributed by atoms with Gasteiger partial charge in [0.25, 0.3) is 0 Å². The summed E-state index contributed by atoms with van der Waals surface area (Å²) in [6, 6.07) is 7.80. The molecule has 2 aromatic carbocycles. The summed E-state index contributed by atoms with van der Waals surface area (Å²) in [5.74, 6) is -5.47. The highest BCUT2D eigenvalue weighted by Crippen LogP contribution is 2.42. The second kappa shape index (κ2) is 7.98. The van der Waals surface area contributed by atoms with Gasteiger partial charge in [-0.25, -0.2) is 32.4 Å². The summed E-state index contributed by atoms with van der Waals surface area (Å²) in [5, 5.41) is 3.77. The SMILES string of the molecule is CC(=O)N(c1ccccc1F)c1onc(-c2cc(F)c(F)cc2F)c1-c1ccncn1. The van der Waals surface area contributed by atoms with Crippen LogP contribution in [0.1, 0.15) is 6.92 Å². The lowest BCUT2D eigenvalue weighted by Gasteiger charge is -2.19. The highest BCUT2D eigenvalue weighted by atomic mass is 19.2. The fourth-order valence-corrected chi connectivity index (χ4v) is 3.05. The van der Waals surface area contributed by atoms with Gasteiger partial charge in [-0.3, -0.25) is 4.79 Å². The molecule has 0 radical (unpaired) electrons. The maximum Gasteiger partial charge on any atom is 0.248 e. The third kappa shape index (κ3) is 3.63. The lowest BCUT2D eigenvalue weighted by atomic mass is 10.0. The van der Waals surface area contributed by atoms with Crippen LogP contribution in [0.3, 0.4) is 0 Å². The monoisotopic (exact) mass is 428 g/mol. The molecule has 0 atom stereocenters. The standard InChI is InChI=1S/C21H12F4N4O2/c1-11(30)29(18-5-3-2-4-13(18)22)21-19(17-6-7-26-10-27-17)20(28-31-21)12-8-15(24)16(25)9-14(12)23/h2-10H,1H3. The Morgan fingerprint density at radius 1 is 0.968 bits per heavy atom. The van der Waals surface area contributed by atoms with Gasteiger partial charge in [-0.05, 0) is 24.3 Å². The summed E-state index contributed by atoms with van der Waals surface area (Å²) in [7, 11) is 0. The van der Waals surface area contributed by atoms with Crippen molar-refractivity contribution in [2.45, 2.75) is 6.92 Å². The topological polar surface area (TPSA) is 72.1 Å². The number of halogens is 4. The van der Waals surface area contributed by atoms with Crippen molar-refractivity contribution >= 4 is 17.5 Å². The predicted octanol–water partition coefficient (Wildman–Crippen LogP) is 5.04. The van der Waals surface area contributed by atoms with Crippen LogP contribution >= 0.6 is 0 Å². The van der Waals surface area contributed by atoms with E-state index in [9.17, 15) is 22.4 Å². The number of nitrogens with zero attached hydrogens (tertiary/aromatic N) is 4. The molecule has 0 aliphatic carbocycles. The normalized spacial score (nSPS) is 10.9. The van der Waals surface area contributed by atoms with E-state index >= 15 is 0 Å². The van der Waals surface area contributed by atoms with Gasteiger partial charge in [-0.1, -0.05) is 17.3 Å². The molecule has 4 aromatic rings. The van der Waals surface area contributed by atoms with Crippen LogP contribution in [0.5, 0.6) is 0 Å². The summed E-state index contributed by atoms with van der Waals surface area (Å²) < 4.78 is 61.6. The average molecular weight is 428 g/mol. The Morgan fingerprint density at radius 2 is 1.71 bits per heavy atom. The maximum atomic E-state index is 14.5. The summed E-state index contributed by atoms with van der Waals surface area (Å²) in [6.45, 7) is 1.16. The minimum absolute atomic E-state index is 0.0363. The van der Waals surface area contributed by atoms with Crippen LogP contribution in [0.4, 0.5) is 29.1 Å². The Hall–Kier alpha value is -4.08. The molecule has 2 aromatic heterocycles. The molecule has 31 heavy (non-hydrogen) atoms. The molecule has 6 nitrogen and oxygen atoms in total. The first kappa shape index (κ1) is 20.2. The zero-order chi connectivity index (χ0) is 22.1. The van der Waals surface area contributed by atoms with E-state index in [0.717, 1.165) is 17.9 Å². The second-order valence-corrected chi connectivity index (χ2v) is 6.36. The summed E-state index contributed by atoms with van der Waals surface area (Å²) >= 11 is 0. The molecule has 0 bridgehead atoms. The first-order valence-electron chi connectivity index (χ1n) is 8.84. The predicted molar refractivity (Wildman–Crippen MR) is 102 cm³/mol. The van der Waals surface area contributed by atoms with Crippen molar-refractivity contribution in [1.29, 1.82) is 0 Å². The molecule has 0 saturated heterocycles. The lowest BCUT2D eigenvalue weighted by molar-refractivity contribution is -0.116. The summed E-state index contributed by atoms with van der Waals surface area (Å²) in [5.41, 5.74) is -0.746. The van der Waals surface area contributed by atoms with Gasteiger partial charge >= 0.3 is 0 Å². The number of anilines is 2. The molecule has 0 aliphatic rings. The number of hydrogen-bond donors (Lipinski definition) is 0. The highest BCUT2D eigenvalue weighted by molar-refractivity contribution is 6.03. The highest BCUT2D eigenvalue weighted by Gasteiger charge is 2.31. The fraction of sp³-hybridized carbons (Fsp3) is 0.0476. The third-order valence-corrected chi connectivity index (χ3v) is 4.39. The molecule has 0 fully saturated rings. The Kier molecular flexibility index (Phi) is 5.20. The first-order valence-corrected chi connectivity index (χ1v) is 8.84. The van der Waals surface area contributed by atoms with Crippen molar-refractivity contribution in [3.63, 3.8) is 0 Å². The summed E-state index contributed by atoms with van der Waals surface area (Å²) in [6.07, 6.45) is 2.55. The molecule has 4 rings (SSSR count). The van der Waals surface area contributed by atoms with Crippen LogP contribution in [-0.4, -0.2) is 21.0 Å². The molecule has 0 saturated carbocycles. The fourth-order valence-electron chi connectivity index (χ4n) is 3.05. The lowest BCUT2D eigenvalue weighted by Crippen LogP contribution is -2.24. The van der Waals surface area contributed by atoms with Crippen molar-refractivity contribution in [2.75, 3.05) is 4.90 Å². The molecule has 0 unspecified atom stereocenters. The van der Waals surface area contributed by atoms with Gasteiger partial charge in [0.2, 0.25) is 11.8 Å². The first-order chi connectivity index (χ1) is 14.9. The smallest absolute Gasteiger partial charge is 0.248 e. The van der Waals surface area contributed by atoms with E-state index < -0.39 is 34.7 Å². The van der Waals surface area contributed by atoms with E-state index in [4.69, 9.17) is 4.52 Å². The number of amides is 1. The third-order valence-electron chi connectivity index (χ3n) is 4.39. The van der Waals surface area contributed by atoms with Crippen molar-refractivity contribution < 1.29 is 26.9 Å². The van der Waals surface area contributed by atoms with Gasteiger partial charge in [-0.15, -0.1) is 0 Å². The minimum Gasteiger partial charge on any atom is -0.336 e. The molecule has 1 amide bonds. The number of para-hydroxylation sites is 1. The van der Waals surface area contributed by atoms with Gasteiger partial charge in [0, 0.05) is 24.8 Å². The average Bonchev–Trinajstić information content (AvgIpc) is 3.17. The van der Waals surface area contributed by atoms with Gasteiger partial charge in [0.05, 0.1) is 16.9 Å². The van der Waals surface area contributed by atoms with Gasteiger partial charge < -0.3 is 4.52 Å². The van der Waals surface area contributed by atoms with E-state index in [2.05, 4.69) is 15.1 Å². The number of rotatable bonds is 4. The number of hydrogen-bond acceptors (Lipinski definition) is 5. The van der Waals surface area contributed by atoms with Crippen LogP contribution in [0.2, 0.25) is 0 Å². The Bertz CT molecular complexity index is 1280. The van der Waals surface area contributed by atoms with Crippen molar-refractivity contribution in [3.8, 4) is 22.5 Å². The van der Waals surface area contributed by atoms with E-state index in [1.54, 1.807) is 0 Å². The van der Waals surface area contributed by atoms with Crippen molar-refractivity contribution in [3.05, 3.63) is 78.3 Å². The number of carbonyl (C=O) groups is 1. The number of carbonyl (C=O) groups excluding carboxylic acids is 1. The van der Waals surface area contributed by atoms with E-state index in [0.29, 0.717) is 12.1 Å². The quantitative estimate of drug-likeness (QED) is 0.336. The molecular formula is C21H12F4N4O2. The molecule has 10 heteroatoms. The number of aromatic nitrogens is 3. The van der Waals surface area contributed by atoms with Crippen molar-refractivity contribution in [1.82, 2.24) is 15.1 Å². The summed E-state index contributed by atoms with van der Waals surface area (Å²) in [4.78, 5) is 21.2. The van der Waals surface area contributed by atoms with Crippen molar-refractivity contribution in [2.24, 2.45) is 0 Å². The van der Waals surface area contributed by atoms with E-state index in [-0.39, 0.29) is 28.5 Å². The van der Waals surface area contributed by atoms with Gasteiger partial charge in [0.1, 0.15) is 23.7 Å². The molecular weight excluding hydrogens is 416 g/mol. The van der Waals surface area contributed by atoms with E-state index in [1.807, 2.05) is 0 Å². The van der Waals surface area contributed by atoms with Crippen LogP contribution in [0.25, 0.3) is 22.5 Å². The molecule has 2 heterocycles. The Morgan fingerprint density at radius 3 is 2.39 bits per heavy atom. The molecule has 0 N–H and O–H groups in total. The Labute approximate surface area is 172 Å². The van der Waals surface area contributed by atoms with Gasteiger partial charge in [-0.2, -0.15) is 0 Å². The minimum atomic E-state index is -1.38. The second-order valence-electron chi connectivity index (χ2n) is 6.36. The molecule has 0 aliphatic heterocycles. The Balaban J connectivity index is 2.02. The van der Waals surface area contributed by atoms with Crippen LogP contribution in [0.15, 0.2) is 59.5 Å². The van der Waals surface area contributed by atoms with E-state index in [1.165, 1.54) is 36.8 Å². The van der Waals surface area contributed by atoms with Gasteiger partial charge in [0.15, 0.2) is 11.6 Å². The maximum absolute atomic E-state index is 14.5. The van der Waals surface area contributed by atoms with Crippen LogP contribution < -0.4 is 4.90 Å². The van der Waals surface area contributed by atoms with Crippen LogP contribution in [0, 0.1) is 23.3 Å². The number of benzene rings is 2. The largest absolute Gasteiger partial charge is 0.336 e. The molecule has 156 valence electrons. The zero-order valence-electron chi connectivity index (χ0n) is 15.8. The zero-order valence-corrected chi connectivity index (χ0v) is 15.8.